The Bertz CT molecular complexity index is 357. The van der Waals surface area contributed by atoms with Crippen LogP contribution in [0.15, 0.2) is 24.3 Å². The maximum atomic E-state index is 11.3. The zero-order valence-electron chi connectivity index (χ0n) is 8.94. The molecule has 88 valence electrons. The van der Waals surface area contributed by atoms with Crippen molar-refractivity contribution < 1.29 is 14.6 Å². The Morgan fingerprint density at radius 1 is 1.56 bits per heavy atom. The third kappa shape index (κ3) is 4.08. The molecule has 0 radical (unpaired) electrons. The number of benzene rings is 1. The Kier molecular flexibility index (Phi) is 5.08. The predicted octanol–water partition coefficient (Wildman–Crippen LogP) is 1.22. The third-order valence-electron chi connectivity index (χ3n) is 1.88. The van der Waals surface area contributed by atoms with Gasteiger partial charge in [-0.2, -0.15) is 0 Å². The van der Waals surface area contributed by atoms with Gasteiger partial charge in [-0.05, 0) is 19.1 Å². The van der Waals surface area contributed by atoms with E-state index < -0.39 is 0 Å². The number of aliphatic hydroxyl groups excluding tert-OH is 1. The molecular weight excluding hydrogens is 230 g/mol. The molecule has 1 rings (SSSR count). The van der Waals surface area contributed by atoms with E-state index in [1.54, 1.807) is 31.2 Å². The number of hydrogen-bond donors (Lipinski definition) is 2. The molecule has 0 aliphatic carbocycles. The van der Waals surface area contributed by atoms with E-state index in [4.69, 9.17) is 21.4 Å². The average Bonchev–Trinajstić information content (AvgIpc) is 2.28. The summed E-state index contributed by atoms with van der Waals surface area (Å²) < 4.78 is 5.22. The number of aliphatic hydroxyl groups is 1. The molecule has 2 N–H and O–H groups in total. The quantitative estimate of drug-likeness (QED) is 0.818. The summed E-state index contributed by atoms with van der Waals surface area (Å²) in [5.74, 6) is 0.178. The lowest BCUT2D eigenvalue weighted by Gasteiger charge is -2.11. The zero-order chi connectivity index (χ0) is 12.0. The number of para-hydroxylation sites is 1. The molecular formula is C11H14ClNO3. The van der Waals surface area contributed by atoms with Crippen LogP contribution in [-0.4, -0.2) is 30.3 Å². The van der Waals surface area contributed by atoms with E-state index in [1.807, 2.05) is 0 Å². The first-order chi connectivity index (χ1) is 7.63. The van der Waals surface area contributed by atoms with E-state index in [0.29, 0.717) is 10.8 Å². The summed E-state index contributed by atoms with van der Waals surface area (Å²) in [6.45, 7) is 1.49. The molecule has 1 amide bonds. The van der Waals surface area contributed by atoms with Crippen LogP contribution in [0.2, 0.25) is 5.02 Å². The van der Waals surface area contributed by atoms with Crippen molar-refractivity contribution in [2.75, 3.05) is 13.2 Å². The molecule has 0 saturated heterocycles. The lowest BCUT2D eigenvalue weighted by molar-refractivity contribution is -0.123. The number of ether oxygens (including phenoxy) is 1. The van der Waals surface area contributed by atoms with Crippen molar-refractivity contribution in [1.82, 2.24) is 5.32 Å². The molecule has 0 bridgehead atoms. The van der Waals surface area contributed by atoms with Crippen molar-refractivity contribution in [3.05, 3.63) is 29.3 Å². The van der Waals surface area contributed by atoms with Gasteiger partial charge >= 0.3 is 0 Å². The van der Waals surface area contributed by atoms with Gasteiger partial charge in [0, 0.05) is 6.04 Å². The average molecular weight is 244 g/mol. The summed E-state index contributed by atoms with van der Waals surface area (Å²) in [6.07, 6.45) is 0. The zero-order valence-corrected chi connectivity index (χ0v) is 9.70. The van der Waals surface area contributed by atoms with E-state index >= 15 is 0 Å². The van der Waals surface area contributed by atoms with Gasteiger partial charge in [-0.15, -0.1) is 0 Å². The maximum Gasteiger partial charge on any atom is 0.258 e. The monoisotopic (exact) mass is 243 g/mol. The highest BCUT2D eigenvalue weighted by Gasteiger charge is 2.07. The lowest BCUT2D eigenvalue weighted by atomic mass is 10.3. The molecule has 0 spiro atoms. The minimum Gasteiger partial charge on any atom is -0.482 e. The van der Waals surface area contributed by atoms with E-state index in [-0.39, 0.29) is 25.2 Å². The molecule has 16 heavy (non-hydrogen) atoms. The number of hydrogen-bond acceptors (Lipinski definition) is 3. The molecule has 1 atom stereocenters. The molecule has 5 heteroatoms. The van der Waals surface area contributed by atoms with Crippen molar-refractivity contribution in [2.24, 2.45) is 0 Å². The molecule has 0 unspecified atom stereocenters. The number of carbonyl (C=O) groups is 1. The highest BCUT2D eigenvalue weighted by molar-refractivity contribution is 6.32. The largest absolute Gasteiger partial charge is 0.482 e. The summed E-state index contributed by atoms with van der Waals surface area (Å²) in [5.41, 5.74) is 0. The van der Waals surface area contributed by atoms with Gasteiger partial charge in [0.15, 0.2) is 6.61 Å². The van der Waals surface area contributed by atoms with Gasteiger partial charge in [0.2, 0.25) is 0 Å². The van der Waals surface area contributed by atoms with Crippen molar-refractivity contribution >= 4 is 17.5 Å². The normalized spacial score (nSPS) is 11.9. The topological polar surface area (TPSA) is 58.6 Å². The van der Waals surface area contributed by atoms with Crippen LogP contribution in [0.3, 0.4) is 0 Å². The maximum absolute atomic E-state index is 11.3. The summed E-state index contributed by atoms with van der Waals surface area (Å²) in [7, 11) is 0. The van der Waals surface area contributed by atoms with Crippen LogP contribution >= 0.6 is 11.6 Å². The molecule has 4 nitrogen and oxygen atoms in total. The van der Waals surface area contributed by atoms with Gasteiger partial charge in [-0.1, -0.05) is 23.7 Å². The highest BCUT2D eigenvalue weighted by atomic mass is 35.5. The lowest BCUT2D eigenvalue weighted by Crippen LogP contribution is -2.38. The fraction of sp³-hybridized carbons (Fsp3) is 0.364. The van der Waals surface area contributed by atoms with Gasteiger partial charge in [0.1, 0.15) is 5.75 Å². The highest BCUT2D eigenvalue weighted by Crippen LogP contribution is 2.22. The van der Waals surface area contributed by atoms with Crippen molar-refractivity contribution in [2.45, 2.75) is 13.0 Å². The Hall–Kier alpha value is -1.26. The smallest absolute Gasteiger partial charge is 0.258 e. The first kappa shape index (κ1) is 12.8. The van der Waals surface area contributed by atoms with E-state index in [2.05, 4.69) is 5.32 Å². The van der Waals surface area contributed by atoms with Crippen LogP contribution in [0.25, 0.3) is 0 Å². The minimum atomic E-state index is -0.290. The fourth-order valence-electron chi connectivity index (χ4n) is 1.07. The van der Waals surface area contributed by atoms with E-state index in [0.717, 1.165) is 0 Å². The minimum absolute atomic E-state index is 0.0994. The molecule has 0 saturated carbocycles. The van der Waals surface area contributed by atoms with Crippen LogP contribution in [0.4, 0.5) is 0 Å². The molecule has 0 aliphatic rings. The number of nitrogens with one attached hydrogen (secondary N) is 1. The van der Waals surface area contributed by atoms with Gasteiger partial charge in [0.05, 0.1) is 11.6 Å². The third-order valence-corrected chi connectivity index (χ3v) is 2.19. The predicted molar refractivity (Wildman–Crippen MR) is 61.6 cm³/mol. The van der Waals surface area contributed by atoms with Crippen molar-refractivity contribution in [1.29, 1.82) is 0 Å². The van der Waals surface area contributed by atoms with Gasteiger partial charge < -0.3 is 15.2 Å². The Morgan fingerprint density at radius 3 is 2.88 bits per heavy atom. The molecule has 0 aromatic heterocycles. The van der Waals surface area contributed by atoms with E-state index in [1.165, 1.54) is 0 Å². The number of amides is 1. The number of rotatable bonds is 5. The molecule has 0 aliphatic heterocycles. The second-order valence-electron chi connectivity index (χ2n) is 3.37. The summed E-state index contributed by atoms with van der Waals surface area (Å²) in [6, 6.07) is 6.65. The summed E-state index contributed by atoms with van der Waals surface area (Å²) in [5, 5.41) is 11.8. The second kappa shape index (κ2) is 6.35. The Labute approximate surface area is 99.2 Å². The van der Waals surface area contributed by atoms with Gasteiger partial charge in [-0.25, -0.2) is 0 Å². The van der Waals surface area contributed by atoms with Crippen LogP contribution in [0, 0.1) is 0 Å². The van der Waals surface area contributed by atoms with Gasteiger partial charge in [0.25, 0.3) is 5.91 Å². The SMILES string of the molecule is C[C@H](CO)NC(=O)COc1ccccc1Cl. The molecule has 1 aromatic rings. The summed E-state index contributed by atoms with van der Waals surface area (Å²) in [4.78, 5) is 11.3. The first-order valence-electron chi connectivity index (χ1n) is 4.91. The number of halogens is 1. The Balaban J connectivity index is 2.40. The first-order valence-corrected chi connectivity index (χ1v) is 5.29. The van der Waals surface area contributed by atoms with Crippen LogP contribution in [-0.2, 0) is 4.79 Å². The fourth-order valence-corrected chi connectivity index (χ4v) is 1.26. The number of carbonyl (C=O) groups excluding carboxylic acids is 1. The standard InChI is InChI=1S/C11H14ClNO3/c1-8(6-14)13-11(15)7-16-10-5-3-2-4-9(10)12/h2-5,8,14H,6-7H2,1H3,(H,13,15)/t8-/m1/s1. The Morgan fingerprint density at radius 2 is 2.25 bits per heavy atom. The molecule has 0 fully saturated rings. The van der Waals surface area contributed by atoms with Crippen LogP contribution in [0.5, 0.6) is 5.75 Å². The molecule has 1 aromatic carbocycles. The van der Waals surface area contributed by atoms with Gasteiger partial charge in [-0.3, -0.25) is 4.79 Å². The van der Waals surface area contributed by atoms with Crippen molar-refractivity contribution in [3.63, 3.8) is 0 Å². The van der Waals surface area contributed by atoms with Crippen LogP contribution < -0.4 is 10.1 Å². The van der Waals surface area contributed by atoms with E-state index in [9.17, 15) is 4.79 Å². The van der Waals surface area contributed by atoms with Crippen LogP contribution in [0.1, 0.15) is 6.92 Å². The summed E-state index contributed by atoms with van der Waals surface area (Å²) >= 11 is 5.84. The molecule has 0 heterocycles. The second-order valence-corrected chi connectivity index (χ2v) is 3.78. The van der Waals surface area contributed by atoms with Crippen molar-refractivity contribution in [3.8, 4) is 5.75 Å².